The molecule has 1 aliphatic heterocycles. The summed E-state index contributed by atoms with van der Waals surface area (Å²) in [6, 6.07) is 14.2. The van der Waals surface area contributed by atoms with Crippen LogP contribution in [-0.2, 0) is 4.79 Å². The third kappa shape index (κ3) is 2.08. The Morgan fingerprint density at radius 3 is 2.53 bits per heavy atom. The lowest BCUT2D eigenvalue weighted by atomic mass is 10.1. The van der Waals surface area contributed by atoms with Gasteiger partial charge in [-0.05, 0) is 37.6 Å². The highest BCUT2D eigenvalue weighted by atomic mass is 16.2. The summed E-state index contributed by atoms with van der Waals surface area (Å²) in [7, 11) is 0. The number of amides is 1. The molecule has 19 heavy (non-hydrogen) atoms. The third-order valence-electron chi connectivity index (χ3n) is 3.43. The van der Waals surface area contributed by atoms with Crippen molar-refractivity contribution in [2.45, 2.75) is 13.8 Å². The number of hydrogen-bond donors (Lipinski definition) is 1. The van der Waals surface area contributed by atoms with Gasteiger partial charge >= 0.3 is 0 Å². The number of nitrogens with zero attached hydrogens (tertiary/aromatic N) is 1. The van der Waals surface area contributed by atoms with E-state index in [1.54, 1.807) is 0 Å². The molecular formula is C16H16N2O. The van der Waals surface area contributed by atoms with Crippen LogP contribution in [0.1, 0.15) is 11.1 Å². The van der Waals surface area contributed by atoms with Gasteiger partial charge in [0.1, 0.15) is 6.54 Å². The van der Waals surface area contributed by atoms with Gasteiger partial charge in [-0.15, -0.1) is 0 Å². The first-order valence-corrected chi connectivity index (χ1v) is 6.39. The number of para-hydroxylation sites is 1. The standard InChI is InChI=1S/C16H16N2O/c1-11-6-8-13(9-7-11)18-10-15(19)17-14-5-3-4-12(2)16(14)18/h3-9H,10H2,1-2H3,(H,17,19). The number of carbonyl (C=O) groups excluding carboxylic acids is 1. The Hall–Kier alpha value is -2.29. The zero-order valence-electron chi connectivity index (χ0n) is 11.1. The van der Waals surface area contributed by atoms with Gasteiger partial charge in [0.25, 0.3) is 0 Å². The lowest BCUT2D eigenvalue weighted by Gasteiger charge is -2.32. The smallest absolute Gasteiger partial charge is 0.244 e. The third-order valence-corrected chi connectivity index (χ3v) is 3.43. The van der Waals surface area contributed by atoms with Gasteiger partial charge in [0.05, 0.1) is 11.4 Å². The van der Waals surface area contributed by atoms with Gasteiger partial charge in [-0.2, -0.15) is 0 Å². The topological polar surface area (TPSA) is 32.3 Å². The van der Waals surface area contributed by atoms with Gasteiger partial charge in [0, 0.05) is 5.69 Å². The summed E-state index contributed by atoms with van der Waals surface area (Å²) in [4.78, 5) is 13.9. The first-order chi connectivity index (χ1) is 9.15. The van der Waals surface area contributed by atoms with Crippen LogP contribution in [0.5, 0.6) is 0 Å². The summed E-state index contributed by atoms with van der Waals surface area (Å²) in [6.07, 6.45) is 0. The maximum Gasteiger partial charge on any atom is 0.244 e. The summed E-state index contributed by atoms with van der Waals surface area (Å²) in [6.45, 7) is 4.49. The maximum absolute atomic E-state index is 11.8. The Morgan fingerprint density at radius 1 is 1.05 bits per heavy atom. The van der Waals surface area contributed by atoms with Crippen LogP contribution in [0.15, 0.2) is 42.5 Å². The van der Waals surface area contributed by atoms with E-state index in [1.165, 1.54) is 5.56 Å². The Balaban J connectivity index is 2.13. The fraction of sp³-hybridized carbons (Fsp3) is 0.188. The normalized spacial score (nSPS) is 14.0. The molecule has 0 saturated carbocycles. The summed E-state index contributed by atoms with van der Waals surface area (Å²) in [5.74, 6) is 0.0266. The number of benzene rings is 2. The quantitative estimate of drug-likeness (QED) is 0.843. The van der Waals surface area contributed by atoms with Crippen LogP contribution in [0.2, 0.25) is 0 Å². The molecule has 0 spiro atoms. The fourth-order valence-corrected chi connectivity index (χ4v) is 2.48. The van der Waals surface area contributed by atoms with Gasteiger partial charge in [-0.1, -0.05) is 29.8 Å². The van der Waals surface area contributed by atoms with Crippen molar-refractivity contribution in [1.82, 2.24) is 0 Å². The Kier molecular flexibility index (Phi) is 2.75. The van der Waals surface area contributed by atoms with Gasteiger partial charge in [-0.25, -0.2) is 0 Å². The van der Waals surface area contributed by atoms with Gasteiger partial charge < -0.3 is 10.2 Å². The zero-order valence-corrected chi connectivity index (χ0v) is 11.1. The minimum Gasteiger partial charge on any atom is -0.330 e. The zero-order chi connectivity index (χ0) is 13.4. The predicted octanol–water partition coefficient (Wildman–Crippen LogP) is 3.39. The van der Waals surface area contributed by atoms with E-state index in [1.807, 2.05) is 12.1 Å². The number of nitrogens with one attached hydrogen (secondary N) is 1. The molecule has 3 rings (SSSR count). The highest BCUT2D eigenvalue weighted by Gasteiger charge is 2.24. The van der Waals surface area contributed by atoms with Crippen molar-refractivity contribution in [3.05, 3.63) is 53.6 Å². The average molecular weight is 252 g/mol. The Bertz CT molecular complexity index is 632. The van der Waals surface area contributed by atoms with Crippen LogP contribution in [0.3, 0.4) is 0 Å². The molecule has 0 bridgehead atoms. The summed E-state index contributed by atoms with van der Waals surface area (Å²) >= 11 is 0. The molecule has 2 aromatic rings. The van der Waals surface area contributed by atoms with Crippen molar-refractivity contribution in [3.8, 4) is 0 Å². The Labute approximate surface area is 112 Å². The van der Waals surface area contributed by atoms with Crippen LogP contribution in [-0.4, -0.2) is 12.5 Å². The molecule has 0 atom stereocenters. The molecule has 1 aliphatic rings. The minimum absolute atomic E-state index is 0.0266. The highest BCUT2D eigenvalue weighted by Crippen LogP contribution is 2.37. The number of rotatable bonds is 1. The van der Waals surface area contributed by atoms with Crippen LogP contribution in [0, 0.1) is 13.8 Å². The minimum atomic E-state index is 0.0266. The van der Waals surface area contributed by atoms with Crippen LogP contribution in [0.4, 0.5) is 17.1 Å². The molecule has 96 valence electrons. The fourth-order valence-electron chi connectivity index (χ4n) is 2.48. The van der Waals surface area contributed by atoms with E-state index >= 15 is 0 Å². The molecule has 1 heterocycles. The van der Waals surface area contributed by atoms with E-state index in [0.717, 1.165) is 22.6 Å². The molecule has 1 N–H and O–H groups in total. The van der Waals surface area contributed by atoms with Crippen LogP contribution in [0.25, 0.3) is 0 Å². The van der Waals surface area contributed by atoms with E-state index < -0.39 is 0 Å². The van der Waals surface area contributed by atoms with Crippen molar-refractivity contribution in [1.29, 1.82) is 0 Å². The van der Waals surface area contributed by atoms with Gasteiger partial charge in [0.15, 0.2) is 0 Å². The van der Waals surface area contributed by atoms with Crippen molar-refractivity contribution >= 4 is 23.0 Å². The molecule has 0 aromatic heterocycles. The second kappa shape index (κ2) is 4.43. The number of aryl methyl sites for hydroxylation is 2. The lowest BCUT2D eigenvalue weighted by Crippen LogP contribution is -2.35. The number of anilines is 3. The largest absolute Gasteiger partial charge is 0.330 e. The van der Waals surface area contributed by atoms with E-state index in [0.29, 0.717) is 6.54 Å². The lowest BCUT2D eigenvalue weighted by molar-refractivity contribution is -0.115. The second-order valence-electron chi connectivity index (χ2n) is 4.94. The molecule has 3 nitrogen and oxygen atoms in total. The molecule has 1 amide bonds. The maximum atomic E-state index is 11.8. The summed E-state index contributed by atoms with van der Waals surface area (Å²) in [5.41, 5.74) is 5.41. The Morgan fingerprint density at radius 2 is 1.79 bits per heavy atom. The number of carbonyl (C=O) groups is 1. The number of fused-ring (bicyclic) bond motifs is 1. The first-order valence-electron chi connectivity index (χ1n) is 6.39. The average Bonchev–Trinajstić information content (AvgIpc) is 2.38. The van der Waals surface area contributed by atoms with E-state index in [9.17, 15) is 4.79 Å². The van der Waals surface area contributed by atoms with Crippen molar-refractivity contribution in [2.75, 3.05) is 16.8 Å². The van der Waals surface area contributed by atoms with E-state index in [4.69, 9.17) is 0 Å². The molecule has 0 unspecified atom stereocenters. The molecule has 3 heteroatoms. The highest BCUT2D eigenvalue weighted by molar-refractivity contribution is 6.03. The summed E-state index contributed by atoms with van der Waals surface area (Å²) < 4.78 is 0. The van der Waals surface area contributed by atoms with Crippen LogP contribution >= 0.6 is 0 Å². The molecule has 0 radical (unpaired) electrons. The molecular weight excluding hydrogens is 236 g/mol. The van der Waals surface area contributed by atoms with Crippen molar-refractivity contribution in [3.63, 3.8) is 0 Å². The van der Waals surface area contributed by atoms with Crippen molar-refractivity contribution < 1.29 is 4.79 Å². The molecule has 0 fully saturated rings. The molecule has 0 saturated heterocycles. The van der Waals surface area contributed by atoms with Gasteiger partial charge in [0.2, 0.25) is 5.91 Å². The van der Waals surface area contributed by atoms with Crippen molar-refractivity contribution in [2.24, 2.45) is 0 Å². The second-order valence-corrected chi connectivity index (χ2v) is 4.94. The first kappa shape index (κ1) is 11.8. The van der Waals surface area contributed by atoms with E-state index in [2.05, 4.69) is 54.4 Å². The predicted molar refractivity (Wildman–Crippen MR) is 78.0 cm³/mol. The van der Waals surface area contributed by atoms with E-state index in [-0.39, 0.29) is 5.91 Å². The molecule has 0 aliphatic carbocycles. The number of hydrogen-bond acceptors (Lipinski definition) is 2. The van der Waals surface area contributed by atoms with Crippen LogP contribution < -0.4 is 10.2 Å². The van der Waals surface area contributed by atoms with Gasteiger partial charge in [-0.3, -0.25) is 4.79 Å². The summed E-state index contributed by atoms with van der Waals surface area (Å²) in [5, 5.41) is 2.93. The molecule has 2 aromatic carbocycles. The monoisotopic (exact) mass is 252 g/mol. The SMILES string of the molecule is Cc1ccc(N2CC(=O)Nc3cccc(C)c32)cc1.